The van der Waals surface area contributed by atoms with Crippen molar-refractivity contribution in [3.05, 3.63) is 71.8 Å². The molecular formula is C19H21N3O. The minimum Gasteiger partial charge on any atom is -0.342 e. The number of rotatable bonds is 4. The van der Waals surface area contributed by atoms with Gasteiger partial charge in [-0.1, -0.05) is 60.7 Å². The zero-order valence-electron chi connectivity index (χ0n) is 13.1. The van der Waals surface area contributed by atoms with Gasteiger partial charge in [-0.05, 0) is 24.0 Å². The molecule has 1 N–H and O–H groups in total. The lowest BCUT2D eigenvalue weighted by Crippen LogP contribution is -2.42. The Morgan fingerprint density at radius 1 is 0.957 bits per heavy atom. The maximum Gasteiger partial charge on any atom is 0.234 e. The Bertz CT molecular complexity index is 609. The lowest BCUT2D eigenvalue weighted by atomic mass is 9.89. The van der Waals surface area contributed by atoms with Crippen molar-refractivity contribution in [1.82, 2.24) is 4.90 Å². The van der Waals surface area contributed by atoms with Gasteiger partial charge < -0.3 is 4.90 Å². The van der Waals surface area contributed by atoms with E-state index < -0.39 is 0 Å². The normalized spacial score (nSPS) is 15.6. The molecule has 2 aromatic rings. The van der Waals surface area contributed by atoms with E-state index in [-0.39, 0.29) is 17.9 Å². The van der Waals surface area contributed by atoms with Gasteiger partial charge in [0.15, 0.2) is 0 Å². The average molecular weight is 307 g/mol. The van der Waals surface area contributed by atoms with E-state index in [1.54, 1.807) is 0 Å². The van der Waals surface area contributed by atoms with Crippen molar-refractivity contribution in [2.24, 2.45) is 5.11 Å². The third-order valence-electron chi connectivity index (χ3n) is 4.47. The third kappa shape index (κ3) is 3.47. The summed E-state index contributed by atoms with van der Waals surface area (Å²) < 4.78 is 0. The number of benzene rings is 2. The van der Waals surface area contributed by atoms with Crippen molar-refractivity contribution in [2.75, 3.05) is 13.1 Å². The lowest BCUT2D eigenvalue weighted by Gasteiger charge is -2.32. The summed E-state index contributed by atoms with van der Waals surface area (Å²) in [7, 11) is 0. The highest BCUT2D eigenvalue weighted by atomic mass is 16.2. The Labute approximate surface area is 136 Å². The number of likely N-dealkylation sites (tertiary alicyclic amines) is 1. The van der Waals surface area contributed by atoms with Gasteiger partial charge in [0.25, 0.3) is 0 Å². The number of nitrogens with one attached hydrogen (secondary N) is 1. The van der Waals surface area contributed by atoms with Crippen LogP contribution in [0.15, 0.2) is 65.8 Å². The van der Waals surface area contributed by atoms with Gasteiger partial charge in [-0.15, -0.1) is 0 Å². The standard InChI is InChI=1S/C19H21N3O/c20-21-17-11-13-22(14-12-17)19(23)18(15-7-3-1-4-8-15)16-9-5-2-6-10-16/h1-10,17-18,20H,11-14H2. The van der Waals surface area contributed by atoms with Gasteiger partial charge >= 0.3 is 0 Å². The van der Waals surface area contributed by atoms with Crippen LogP contribution in [-0.4, -0.2) is 29.9 Å². The van der Waals surface area contributed by atoms with Crippen LogP contribution in [0.1, 0.15) is 29.9 Å². The molecule has 0 spiro atoms. The first kappa shape index (κ1) is 15.4. The van der Waals surface area contributed by atoms with Crippen LogP contribution in [0.5, 0.6) is 0 Å². The molecule has 0 unspecified atom stereocenters. The first-order valence-electron chi connectivity index (χ1n) is 8.05. The van der Waals surface area contributed by atoms with Crippen LogP contribution in [0.2, 0.25) is 0 Å². The minimum atomic E-state index is -0.262. The number of hydrogen-bond acceptors (Lipinski definition) is 3. The smallest absolute Gasteiger partial charge is 0.234 e. The van der Waals surface area contributed by atoms with Gasteiger partial charge in [-0.25, -0.2) is 5.53 Å². The van der Waals surface area contributed by atoms with E-state index in [2.05, 4.69) is 5.11 Å². The van der Waals surface area contributed by atoms with Gasteiger partial charge in [0.05, 0.1) is 12.0 Å². The summed E-state index contributed by atoms with van der Waals surface area (Å²) in [6.07, 6.45) is 1.57. The molecule has 1 aliphatic heterocycles. The molecule has 1 fully saturated rings. The Kier molecular flexibility index (Phi) is 4.81. The predicted molar refractivity (Wildman–Crippen MR) is 89.5 cm³/mol. The summed E-state index contributed by atoms with van der Waals surface area (Å²) in [5.74, 6) is -0.118. The number of carbonyl (C=O) groups is 1. The van der Waals surface area contributed by atoms with Gasteiger partial charge in [0.2, 0.25) is 5.91 Å². The quantitative estimate of drug-likeness (QED) is 0.857. The van der Waals surface area contributed by atoms with Crippen LogP contribution < -0.4 is 0 Å². The fourth-order valence-electron chi connectivity index (χ4n) is 3.17. The third-order valence-corrected chi connectivity index (χ3v) is 4.47. The molecule has 0 radical (unpaired) electrons. The molecule has 0 aliphatic carbocycles. The number of carbonyl (C=O) groups excluding carboxylic acids is 1. The molecule has 0 aromatic heterocycles. The number of nitrogens with zero attached hydrogens (tertiary/aromatic N) is 2. The van der Waals surface area contributed by atoms with Crippen LogP contribution in [0.4, 0.5) is 0 Å². The Hall–Kier alpha value is -2.49. The van der Waals surface area contributed by atoms with Crippen LogP contribution in [-0.2, 0) is 4.79 Å². The molecule has 0 atom stereocenters. The van der Waals surface area contributed by atoms with E-state index in [0.717, 1.165) is 24.0 Å². The maximum absolute atomic E-state index is 13.1. The molecule has 118 valence electrons. The fraction of sp³-hybridized carbons (Fsp3) is 0.316. The number of hydrogen-bond donors (Lipinski definition) is 1. The summed E-state index contributed by atoms with van der Waals surface area (Å²) >= 11 is 0. The second kappa shape index (κ2) is 7.18. The highest BCUT2D eigenvalue weighted by Crippen LogP contribution is 2.28. The molecule has 4 heteroatoms. The molecule has 2 aromatic carbocycles. The van der Waals surface area contributed by atoms with Gasteiger partial charge in [-0.3, -0.25) is 4.79 Å². The molecular weight excluding hydrogens is 286 g/mol. The zero-order valence-corrected chi connectivity index (χ0v) is 13.1. The molecule has 1 amide bonds. The van der Waals surface area contributed by atoms with Crippen molar-refractivity contribution in [2.45, 2.75) is 24.8 Å². The minimum absolute atomic E-state index is 0.0750. The summed E-state index contributed by atoms with van der Waals surface area (Å²) in [6.45, 7) is 1.37. The topological polar surface area (TPSA) is 56.5 Å². The maximum atomic E-state index is 13.1. The summed E-state index contributed by atoms with van der Waals surface area (Å²) in [5.41, 5.74) is 9.19. The van der Waals surface area contributed by atoms with E-state index in [4.69, 9.17) is 5.53 Å². The highest BCUT2D eigenvalue weighted by molar-refractivity contribution is 5.87. The molecule has 0 bridgehead atoms. The first-order valence-corrected chi connectivity index (χ1v) is 8.05. The Morgan fingerprint density at radius 3 is 1.87 bits per heavy atom. The summed E-state index contributed by atoms with van der Waals surface area (Å²) in [5, 5.41) is 3.61. The molecule has 1 heterocycles. The van der Waals surface area contributed by atoms with Crippen molar-refractivity contribution in [1.29, 1.82) is 5.53 Å². The summed E-state index contributed by atoms with van der Waals surface area (Å²) in [6, 6.07) is 20.0. The molecule has 0 saturated carbocycles. The van der Waals surface area contributed by atoms with E-state index in [1.807, 2.05) is 65.6 Å². The van der Waals surface area contributed by atoms with Crippen LogP contribution in [0.3, 0.4) is 0 Å². The second-order valence-corrected chi connectivity index (χ2v) is 5.94. The monoisotopic (exact) mass is 307 g/mol. The zero-order chi connectivity index (χ0) is 16.1. The van der Waals surface area contributed by atoms with Crippen LogP contribution in [0, 0.1) is 5.53 Å². The van der Waals surface area contributed by atoms with E-state index >= 15 is 0 Å². The van der Waals surface area contributed by atoms with Crippen molar-refractivity contribution in [3.63, 3.8) is 0 Å². The van der Waals surface area contributed by atoms with E-state index in [9.17, 15) is 4.79 Å². The summed E-state index contributed by atoms with van der Waals surface area (Å²) in [4.78, 5) is 15.1. The average Bonchev–Trinajstić information content (AvgIpc) is 2.64. The largest absolute Gasteiger partial charge is 0.342 e. The molecule has 23 heavy (non-hydrogen) atoms. The van der Waals surface area contributed by atoms with Crippen LogP contribution in [0.25, 0.3) is 0 Å². The van der Waals surface area contributed by atoms with Gasteiger partial charge in [0.1, 0.15) is 0 Å². The first-order chi connectivity index (χ1) is 11.3. The van der Waals surface area contributed by atoms with E-state index in [1.165, 1.54) is 0 Å². The van der Waals surface area contributed by atoms with E-state index in [0.29, 0.717) is 13.1 Å². The number of amides is 1. The van der Waals surface area contributed by atoms with Gasteiger partial charge in [0, 0.05) is 13.1 Å². The molecule has 4 nitrogen and oxygen atoms in total. The van der Waals surface area contributed by atoms with Crippen LogP contribution >= 0.6 is 0 Å². The fourth-order valence-corrected chi connectivity index (χ4v) is 3.17. The number of piperidine rings is 1. The Morgan fingerprint density at radius 2 is 1.43 bits per heavy atom. The second-order valence-electron chi connectivity index (χ2n) is 5.94. The Balaban J connectivity index is 1.87. The lowest BCUT2D eigenvalue weighted by molar-refractivity contribution is -0.132. The van der Waals surface area contributed by atoms with Crippen molar-refractivity contribution >= 4 is 5.91 Å². The van der Waals surface area contributed by atoms with Gasteiger partial charge in [-0.2, -0.15) is 5.11 Å². The molecule has 1 saturated heterocycles. The predicted octanol–water partition coefficient (Wildman–Crippen LogP) is 3.84. The SMILES string of the molecule is N=NC1CCN(C(=O)C(c2ccccc2)c2ccccc2)CC1. The highest BCUT2D eigenvalue weighted by Gasteiger charge is 2.30. The van der Waals surface area contributed by atoms with Crippen molar-refractivity contribution < 1.29 is 4.79 Å². The van der Waals surface area contributed by atoms with Crippen molar-refractivity contribution in [3.8, 4) is 0 Å². The molecule has 3 rings (SSSR count). The molecule has 1 aliphatic rings.